The third-order valence-electron chi connectivity index (χ3n) is 6.96. The average molecular weight is 400 g/mol. The Bertz CT molecular complexity index is 512. The number of hydrogen-bond donors (Lipinski definition) is 1. The molecule has 1 aliphatic heterocycles. The summed E-state index contributed by atoms with van der Waals surface area (Å²) in [6, 6.07) is 2.94. The van der Waals surface area contributed by atoms with E-state index in [1.807, 2.05) is 0 Å². The largest absolute Gasteiger partial charge is 0.409 e. The molecule has 3 fully saturated rings. The maximum Gasteiger partial charge on any atom is 0.217 e. The standard InChI is InChI=1S/C20H37NO5Si/c1-6-27(7-2,8-3)26-17-15(21-14(4)22)16(23-5)18-19(17)25-20(24-18)12-10-9-11-13-20/h15-19H,6-13H2,1-5H3,(H,21,22)/t15-,16+,17-,18+,19-/m1/s1. The summed E-state index contributed by atoms with van der Waals surface area (Å²) in [4.78, 5) is 11.9. The Balaban J connectivity index is 1.89. The van der Waals surface area contributed by atoms with Gasteiger partial charge < -0.3 is 24.0 Å². The van der Waals surface area contributed by atoms with Crippen LogP contribution in [0, 0.1) is 0 Å². The zero-order chi connectivity index (χ0) is 19.7. The molecular weight excluding hydrogens is 362 g/mol. The van der Waals surface area contributed by atoms with Crippen LogP contribution < -0.4 is 5.32 Å². The van der Waals surface area contributed by atoms with Gasteiger partial charge in [0.1, 0.15) is 18.3 Å². The molecule has 1 N–H and O–H groups in total. The molecule has 0 unspecified atom stereocenters. The van der Waals surface area contributed by atoms with Gasteiger partial charge in [0.15, 0.2) is 14.1 Å². The fourth-order valence-electron chi connectivity index (χ4n) is 5.20. The lowest BCUT2D eigenvalue weighted by molar-refractivity contribution is -0.216. The fourth-order valence-corrected chi connectivity index (χ4v) is 8.05. The van der Waals surface area contributed by atoms with Crippen molar-refractivity contribution in [3.8, 4) is 0 Å². The first-order chi connectivity index (χ1) is 12.9. The van der Waals surface area contributed by atoms with Crippen LogP contribution in [0.25, 0.3) is 0 Å². The maximum absolute atomic E-state index is 11.9. The summed E-state index contributed by atoms with van der Waals surface area (Å²) in [5, 5.41) is 3.08. The van der Waals surface area contributed by atoms with Crippen LogP contribution in [0.3, 0.4) is 0 Å². The molecule has 1 heterocycles. The molecule has 0 bridgehead atoms. The van der Waals surface area contributed by atoms with Crippen LogP contribution >= 0.6 is 0 Å². The molecule has 27 heavy (non-hydrogen) atoms. The van der Waals surface area contributed by atoms with Gasteiger partial charge in [0.25, 0.3) is 0 Å². The van der Waals surface area contributed by atoms with E-state index in [4.69, 9.17) is 18.6 Å². The van der Waals surface area contributed by atoms with Crippen LogP contribution in [0.2, 0.25) is 18.1 Å². The molecule has 1 saturated heterocycles. The second-order valence-electron chi connectivity index (χ2n) is 8.39. The zero-order valence-electron chi connectivity index (χ0n) is 17.6. The molecule has 156 valence electrons. The Hall–Kier alpha value is -0.473. The van der Waals surface area contributed by atoms with Crippen molar-refractivity contribution in [3.63, 3.8) is 0 Å². The third-order valence-corrected chi connectivity index (χ3v) is 11.6. The second kappa shape index (κ2) is 8.49. The van der Waals surface area contributed by atoms with Gasteiger partial charge in [-0.1, -0.05) is 27.2 Å². The van der Waals surface area contributed by atoms with Gasteiger partial charge in [-0.3, -0.25) is 4.79 Å². The molecule has 3 rings (SSSR count). The van der Waals surface area contributed by atoms with Crippen molar-refractivity contribution < 1.29 is 23.4 Å². The smallest absolute Gasteiger partial charge is 0.217 e. The van der Waals surface area contributed by atoms with Gasteiger partial charge in [0, 0.05) is 26.9 Å². The van der Waals surface area contributed by atoms with Gasteiger partial charge in [-0.25, -0.2) is 0 Å². The number of ether oxygens (including phenoxy) is 3. The number of nitrogens with one attached hydrogen (secondary N) is 1. The predicted molar refractivity (Wildman–Crippen MR) is 106 cm³/mol. The SMILES string of the molecule is CC[Si](CC)(CC)O[C@@H]1[C@H](NC(C)=O)[C@H](OC)[C@@H]2OC3(CCCCC3)O[C@@H]21. The van der Waals surface area contributed by atoms with E-state index < -0.39 is 14.1 Å². The van der Waals surface area contributed by atoms with Crippen molar-refractivity contribution in [1.82, 2.24) is 5.32 Å². The highest BCUT2D eigenvalue weighted by molar-refractivity contribution is 6.73. The number of methoxy groups -OCH3 is 1. The van der Waals surface area contributed by atoms with Crippen LogP contribution in [-0.4, -0.2) is 57.6 Å². The normalized spacial score (nSPS) is 35.4. The van der Waals surface area contributed by atoms with Gasteiger partial charge in [0.05, 0.1) is 12.1 Å². The molecule has 3 aliphatic rings. The van der Waals surface area contributed by atoms with Crippen molar-refractivity contribution in [1.29, 1.82) is 0 Å². The lowest BCUT2D eigenvalue weighted by Crippen LogP contribution is -2.55. The number of carbonyl (C=O) groups is 1. The highest BCUT2D eigenvalue weighted by Crippen LogP contribution is 2.48. The summed E-state index contributed by atoms with van der Waals surface area (Å²) in [5.41, 5.74) is 0. The summed E-state index contributed by atoms with van der Waals surface area (Å²) >= 11 is 0. The molecule has 0 aromatic carbocycles. The Morgan fingerprint density at radius 3 is 2.07 bits per heavy atom. The summed E-state index contributed by atoms with van der Waals surface area (Å²) < 4.78 is 25.8. The molecule has 0 radical (unpaired) electrons. The molecule has 0 aromatic rings. The molecule has 5 atom stereocenters. The quantitative estimate of drug-likeness (QED) is 0.665. The number of amides is 1. The van der Waals surface area contributed by atoms with E-state index in [2.05, 4.69) is 26.1 Å². The first-order valence-corrected chi connectivity index (χ1v) is 13.3. The zero-order valence-corrected chi connectivity index (χ0v) is 18.6. The van der Waals surface area contributed by atoms with E-state index in [9.17, 15) is 4.79 Å². The highest BCUT2D eigenvalue weighted by Gasteiger charge is 2.63. The Morgan fingerprint density at radius 1 is 1.04 bits per heavy atom. The van der Waals surface area contributed by atoms with Crippen LogP contribution in [-0.2, 0) is 23.4 Å². The molecule has 6 nitrogen and oxygen atoms in total. The number of fused-ring (bicyclic) bond motifs is 1. The first kappa shape index (κ1) is 21.2. The second-order valence-corrected chi connectivity index (χ2v) is 13.1. The van der Waals surface area contributed by atoms with Gasteiger partial charge in [0.2, 0.25) is 5.91 Å². The Labute approximate surface area is 164 Å². The molecule has 1 spiro atoms. The van der Waals surface area contributed by atoms with E-state index in [0.717, 1.165) is 43.8 Å². The minimum atomic E-state index is -1.88. The molecule has 0 aromatic heterocycles. The minimum absolute atomic E-state index is 0.0697. The number of rotatable bonds is 7. The third kappa shape index (κ3) is 3.99. The topological polar surface area (TPSA) is 66.0 Å². The number of carbonyl (C=O) groups excluding carboxylic acids is 1. The van der Waals surface area contributed by atoms with Crippen molar-refractivity contribution in [2.24, 2.45) is 0 Å². The van der Waals surface area contributed by atoms with E-state index in [-0.39, 0.29) is 36.4 Å². The van der Waals surface area contributed by atoms with Gasteiger partial charge >= 0.3 is 0 Å². The van der Waals surface area contributed by atoms with Gasteiger partial charge in [-0.15, -0.1) is 0 Å². The Kier molecular flexibility index (Phi) is 6.68. The van der Waals surface area contributed by atoms with E-state index in [0.29, 0.717) is 0 Å². The first-order valence-electron chi connectivity index (χ1n) is 10.8. The average Bonchev–Trinajstić information content (AvgIpc) is 3.13. The van der Waals surface area contributed by atoms with E-state index in [1.54, 1.807) is 14.0 Å². The summed E-state index contributed by atoms with van der Waals surface area (Å²) in [7, 11) is -0.188. The summed E-state index contributed by atoms with van der Waals surface area (Å²) in [6.45, 7) is 8.22. The van der Waals surface area contributed by atoms with Crippen molar-refractivity contribution in [3.05, 3.63) is 0 Å². The van der Waals surface area contributed by atoms with Crippen LogP contribution in [0.15, 0.2) is 0 Å². The van der Waals surface area contributed by atoms with Crippen LogP contribution in [0.5, 0.6) is 0 Å². The lowest BCUT2D eigenvalue weighted by Gasteiger charge is -2.39. The highest BCUT2D eigenvalue weighted by atomic mass is 28.4. The monoisotopic (exact) mass is 399 g/mol. The van der Waals surface area contributed by atoms with Gasteiger partial charge in [-0.05, 0) is 31.0 Å². The van der Waals surface area contributed by atoms with Crippen molar-refractivity contribution in [2.75, 3.05) is 7.11 Å². The maximum atomic E-state index is 11.9. The lowest BCUT2D eigenvalue weighted by atomic mass is 9.94. The van der Waals surface area contributed by atoms with Crippen molar-refractivity contribution in [2.45, 2.75) is 114 Å². The van der Waals surface area contributed by atoms with Gasteiger partial charge in [-0.2, -0.15) is 0 Å². The van der Waals surface area contributed by atoms with Crippen LogP contribution in [0.1, 0.15) is 59.8 Å². The molecule has 2 aliphatic carbocycles. The molecule has 2 saturated carbocycles. The summed E-state index contributed by atoms with van der Waals surface area (Å²) in [6.07, 6.45) is 4.55. The fraction of sp³-hybridized carbons (Fsp3) is 0.950. The van der Waals surface area contributed by atoms with Crippen molar-refractivity contribution >= 4 is 14.2 Å². The predicted octanol–water partition coefficient (Wildman–Crippen LogP) is 3.35. The van der Waals surface area contributed by atoms with E-state index >= 15 is 0 Å². The number of hydrogen-bond acceptors (Lipinski definition) is 5. The minimum Gasteiger partial charge on any atom is -0.409 e. The molecule has 7 heteroatoms. The Morgan fingerprint density at radius 2 is 1.59 bits per heavy atom. The van der Waals surface area contributed by atoms with Crippen LogP contribution in [0.4, 0.5) is 0 Å². The molecule has 1 amide bonds. The van der Waals surface area contributed by atoms with E-state index in [1.165, 1.54) is 6.42 Å². The molecular formula is C20H37NO5Si. The summed E-state index contributed by atoms with van der Waals surface area (Å²) in [5.74, 6) is -0.554.